The maximum absolute atomic E-state index is 15.0. The molecule has 2 amide bonds. The van der Waals surface area contributed by atoms with Crippen molar-refractivity contribution >= 4 is 40.0 Å². The van der Waals surface area contributed by atoms with Crippen LogP contribution in [0.4, 0.5) is 19.3 Å². The minimum absolute atomic E-state index is 0.0276. The average Bonchev–Trinajstić information content (AvgIpc) is 3.47. The number of fused-ring (bicyclic) bond motifs is 1. The van der Waals surface area contributed by atoms with Gasteiger partial charge in [0.2, 0.25) is 0 Å². The minimum atomic E-state index is -0.805. The van der Waals surface area contributed by atoms with Gasteiger partial charge in [-0.3, -0.25) is 24.1 Å². The third-order valence-corrected chi connectivity index (χ3v) is 9.44. The van der Waals surface area contributed by atoms with E-state index in [2.05, 4.69) is 39.2 Å². The van der Waals surface area contributed by atoms with E-state index in [-0.39, 0.29) is 21.8 Å². The summed E-state index contributed by atoms with van der Waals surface area (Å²) >= 11 is 1.19. The summed E-state index contributed by atoms with van der Waals surface area (Å²) in [6.45, 7) is 5.35. The number of nitrogens with zero attached hydrogens (tertiary/aromatic N) is 4. The van der Waals surface area contributed by atoms with Gasteiger partial charge in [-0.1, -0.05) is 48.6 Å². The molecule has 2 N–H and O–H groups in total. The van der Waals surface area contributed by atoms with E-state index >= 15 is 8.78 Å². The molecule has 1 unspecified atom stereocenters. The highest BCUT2D eigenvalue weighted by atomic mass is 32.1. The van der Waals surface area contributed by atoms with E-state index in [4.69, 9.17) is 0 Å². The summed E-state index contributed by atoms with van der Waals surface area (Å²) in [5.41, 5.74) is 2.80. The number of allylic oxidation sites excluding steroid dienone is 2. The molecule has 258 valence electrons. The summed E-state index contributed by atoms with van der Waals surface area (Å²) in [6.07, 6.45) is 7.94. The molecule has 2 aromatic heterocycles. The van der Waals surface area contributed by atoms with Gasteiger partial charge in [-0.25, -0.2) is 28.4 Å². The van der Waals surface area contributed by atoms with Gasteiger partial charge in [-0.2, -0.15) is 0 Å². The van der Waals surface area contributed by atoms with Crippen molar-refractivity contribution in [3.63, 3.8) is 0 Å². The SMILES string of the molecule is C=N/C=C\C=C/CC(C)N(C)Cc1c(-c2ccc(NC(=O)NOC)cc2)sc2c1c(=O)n(-c1ccccc1)c(=O)n2Cc1c(F)cccc1F. The maximum Gasteiger partial charge on any atom is 0.343 e. The molecule has 2 heterocycles. The van der Waals surface area contributed by atoms with Crippen LogP contribution in [0.3, 0.4) is 0 Å². The number of aliphatic imine (C=N–C) groups is 1. The summed E-state index contributed by atoms with van der Waals surface area (Å²) in [7, 11) is 3.26. The molecule has 1 atom stereocenters. The van der Waals surface area contributed by atoms with Crippen molar-refractivity contribution in [2.75, 3.05) is 19.5 Å². The van der Waals surface area contributed by atoms with E-state index in [9.17, 15) is 14.4 Å². The number of benzene rings is 3. The number of urea groups is 1. The fourth-order valence-corrected chi connectivity index (χ4v) is 6.75. The molecule has 0 saturated carbocycles. The largest absolute Gasteiger partial charge is 0.343 e. The second-order valence-corrected chi connectivity index (χ2v) is 12.4. The smallest absolute Gasteiger partial charge is 0.306 e. The van der Waals surface area contributed by atoms with Crippen molar-refractivity contribution in [3.05, 3.63) is 141 Å². The third-order valence-electron chi connectivity index (χ3n) is 8.14. The van der Waals surface area contributed by atoms with Crippen molar-refractivity contribution in [1.29, 1.82) is 0 Å². The molecule has 0 bridgehead atoms. The molecule has 3 aromatic carbocycles. The van der Waals surface area contributed by atoms with Crippen molar-refractivity contribution in [2.45, 2.75) is 32.5 Å². The average molecular weight is 699 g/mol. The monoisotopic (exact) mass is 698 g/mol. The number of anilines is 1. The van der Waals surface area contributed by atoms with Gasteiger partial charge in [0.1, 0.15) is 16.5 Å². The van der Waals surface area contributed by atoms with Crippen LogP contribution in [0.25, 0.3) is 26.3 Å². The Hall–Kier alpha value is -5.50. The number of hydrogen-bond acceptors (Lipinski definition) is 7. The van der Waals surface area contributed by atoms with Gasteiger partial charge in [0, 0.05) is 34.9 Å². The Kier molecular flexibility index (Phi) is 11.6. The summed E-state index contributed by atoms with van der Waals surface area (Å²) in [5.74, 6) is -1.61. The van der Waals surface area contributed by atoms with Gasteiger partial charge in [-0.05, 0) is 80.7 Å². The predicted molar refractivity (Wildman–Crippen MR) is 195 cm³/mol. The van der Waals surface area contributed by atoms with Crippen LogP contribution in [0, 0.1) is 11.6 Å². The van der Waals surface area contributed by atoms with E-state index < -0.39 is 35.5 Å². The van der Waals surface area contributed by atoms with E-state index in [0.29, 0.717) is 40.3 Å². The number of amides is 2. The lowest BCUT2D eigenvalue weighted by Gasteiger charge is -2.24. The maximum atomic E-state index is 15.0. The van der Waals surface area contributed by atoms with Crippen LogP contribution in [0.2, 0.25) is 0 Å². The zero-order valence-corrected chi connectivity index (χ0v) is 28.5. The van der Waals surface area contributed by atoms with Gasteiger partial charge in [0.25, 0.3) is 5.56 Å². The van der Waals surface area contributed by atoms with Crippen molar-refractivity contribution in [1.82, 2.24) is 19.5 Å². The normalized spacial score (nSPS) is 12.3. The molecule has 0 saturated heterocycles. The molecule has 50 heavy (non-hydrogen) atoms. The van der Waals surface area contributed by atoms with Crippen LogP contribution in [-0.2, 0) is 17.9 Å². The summed E-state index contributed by atoms with van der Waals surface area (Å²) in [6, 6.07) is 18.4. The number of carbonyl (C=O) groups excluding carboxylic acids is 1. The van der Waals surface area contributed by atoms with Crippen LogP contribution in [0.15, 0.2) is 112 Å². The minimum Gasteiger partial charge on any atom is -0.306 e. The number of hydroxylamine groups is 1. The van der Waals surface area contributed by atoms with Gasteiger partial charge < -0.3 is 5.32 Å². The molecular weight excluding hydrogens is 663 g/mol. The lowest BCUT2D eigenvalue weighted by molar-refractivity contribution is 0.114. The van der Waals surface area contributed by atoms with E-state index in [0.717, 1.165) is 16.7 Å². The second-order valence-electron chi connectivity index (χ2n) is 11.4. The Morgan fingerprint density at radius 3 is 2.38 bits per heavy atom. The van der Waals surface area contributed by atoms with Gasteiger partial charge in [0.05, 0.1) is 24.7 Å². The molecule has 13 heteroatoms. The third kappa shape index (κ3) is 7.86. The number of nitrogens with one attached hydrogen (secondary N) is 2. The number of hydrogen-bond donors (Lipinski definition) is 2. The molecule has 5 aromatic rings. The molecule has 0 aliphatic carbocycles. The van der Waals surface area contributed by atoms with Crippen molar-refractivity contribution < 1.29 is 18.4 Å². The molecule has 5 rings (SSSR count). The number of carbonyl (C=O) groups is 1. The van der Waals surface area contributed by atoms with Crippen LogP contribution in [-0.4, -0.2) is 47.0 Å². The first kappa shape index (κ1) is 35.8. The number of aromatic nitrogens is 2. The first-order valence-corrected chi connectivity index (χ1v) is 16.4. The number of halogens is 2. The Morgan fingerprint density at radius 1 is 1.02 bits per heavy atom. The Morgan fingerprint density at radius 2 is 1.72 bits per heavy atom. The molecule has 0 aliphatic heterocycles. The lowest BCUT2D eigenvalue weighted by atomic mass is 10.0. The Balaban J connectivity index is 1.74. The van der Waals surface area contributed by atoms with Crippen LogP contribution < -0.4 is 22.0 Å². The highest BCUT2D eigenvalue weighted by molar-refractivity contribution is 7.22. The van der Waals surface area contributed by atoms with Crippen molar-refractivity contribution in [3.8, 4) is 16.1 Å². The van der Waals surface area contributed by atoms with E-state index in [1.165, 1.54) is 29.1 Å². The highest BCUT2D eigenvalue weighted by Crippen LogP contribution is 2.39. The van der Waals surface area contributed by atoms with E-state index in [1.807, 2.05) is 19.2 Å². The number of thiophene rings is 1. The van der Waals surface area contributed by atoms with Crippen LogP contribution >= 0.6 is 11.3 Å². The predicted octanol–water partition coefficient (Wildman–Crippen LogP) is 6.87. The highest BCUT2D eigenvalue weighted by Gasteiger charge is 2.26. The molecule has 10 nitrogen and oxygen atoms in total. The molecule has 0 spiro atoms. The van der Waals surface area contributed by atoms with Gasteiger partial charge >= 0.3 is 11.7 Å². The summed E-state index contributed by atoms with van der Waals surface area (Å²) < 4.78 is 32.4. The number of para-hydroxylation sites is 1. The number of rotatable bonds is 13. The molecule has 0 fully saturated rings. The fraction of sp³-hybridized carbons (Fsp3) is 0.189. The van der Waals surface area contributed by atoms with Gasteiger partial charge in [-0.15, -0.1) is 11.3 Å². The Bertz CT molecular complexity index is 2150. The summed E-state index contributed by atoms with van der Waals surface area (Å²) in [5, 5.41) is 2.93. The Labute approximate surface area is 291 Å². The van der Waals surface area contributed by atoms with Gasteiger partial charge in [0.15, 0.2) is 0 Å². The summed E-state index contributed by atoms with van der Waals surface area (Å²) in [4.78, 5) is 52.2. The van der Waals surface area contributed by atoms with Crippen LogP contribution in [0.5, 0.6) is 0 Å². The quantitative estimate of drug-likeness (QED) is 0.0793. The standard InChI is InChI=1S/C37H36F2N6O4S/c1-24(12-7-6-10-21-40-2)43(3)22-29-32-34(46)45(27-13-8-5-9-14-27)37(48)44(23-28-30(38)15-11-16-31(28)39)35(32)50-33(29)25-17-19-26(20-18-25)41-36(47)42-49-4/h5-11,13-21,24H,2,12,22-23H2,1,3-4H3,(H2,41,42,47)/b7-6-,21-10-. The van der Waals surface area contributed by atoms with E-state index in [1.54, 1.807) is 66.9 Å². The first-order chi connectivity index (χ1) is 24.1. The zero-order chi connectivity index (χ0) is 35.8. The molecular formula is C37H36F2N6O4S. The van der Waals surface area contributed by atoms with Crippen molar-refractivity contribution in [2.24, 2.45) is 4.99 Å². The zero-order valence-electron chi connectivity index (χ0n) is 27.7. The van der Waals surface area contributed by atoms with Crippen LogP contribution in [0.1, 0.15) is 24.5 Å². The fourth-order valence-electron chi connectivity index (χ4n) is 5.44. The molecule has 0 radical (unpaired) electrons. The second kappa shape index (κ2) is 16.3. The topological polar surface area (TPSA) is 110 Å². The first-order valence-electron chi connectivity index (χ1n) is 15.6. The molecule has 0 aliphatic rings. The lowest BCUT2D eigenvalue weighted by Crippen LogP contribution is -2.39.